The summed E-state index contributed by atoms with van der Waals surface area (Å²) in [6.07, 6.45) is 1.69. The Balaban J connectivity index is 2.33. The van der Waals surface area contributed by atoms with E-state index in [4.69, 9.17) is 26.2 Å². The highest BCUT2D eigenvalue weighted by atomic mass is 79.9. The second kappa shape index (κ2) is 8.87. The molecule has 0 unspecified atom stereocenters. The number of aliphatic carboxylic acids is 1. The van der Waals surface area contributed by atoms with E-state index in [1.165, 1.54) is 0 Å². The fourth-order valence-corrected chi connectivity index (χ4v) is 2.82. The van der Waals surface area contributed by atoms with Gasteiger partial charge in [0.25, 0.3) is 0 Å². The first-order valence-electron chi connectivity index (χ1n) is 7.52. The number of ether oxygens (including phenoxy) is 2. The number of rotatable bonds is 7. The van der Waals surface area contributed by atoms with Gasteiger partial charge in [0.05, 0.1) is 16.8 Å². The monoisotopic (exact) mass is 425 g/mol. The minimum atomic E-state index is -1.06. The van der Waals surface area contributed by atoms with E-state index in [1.54, 1.807) is 18.3 Å². The van der Waals surface area contributed by atoms with E-state index in [0.29, 0.717) is 27.6 Å². The fraction of sp³-hybridized carbons (Fsp3) is 0.222. The van der Waals surface area contributed by atoms with E-state index in [9.17, 15) is 4.79 Å². The van der Waals surface area contributed by atoms with Crippen molar-refractivity contribution in [1.29, 1.82) is 0 Å². The highest BCUT2D eigenvalue weighted by Crippen LogP contribution is 2.37. The highest BCUT2D eigenvalue weighted by Gasteiger charge is 2.13. The molecular weight excluding hydrogens is 410 g/mol. The number of aliphatic imine (C=N–C) groups is 1. The van der Waals surface area contributed by atoms with Crippen molar-refractivity contribution in [3.63, 3.8) is 0 Å². The number of hydrogen-bond acceptors (Lipinski definition) is 4. The van der Waals surface area contributed by atoms with Crippen molar-refractivity contribution in [3.8, 4) is 11.5 Å². The Morgan fingerprint density at radius 1 is 1.36 bits per heavy atom. The predicted molar refractivity (Wildman–Crippen MR) is 102 cm³/mol. The maximum absolute atomic E-state index is 10.7. The summed E-state index contributed by atoms with van der Waals surface area (Å²) in [6, 6.07) is 9.05. The van der Waals surface area contributed by atoms with Gasteiger partial charge in [0.2, 0.25) is 0 Å². The SMILES string of the molecule is CCOc1cc(C=Nc2cccc(Cl)c2C)cc(Br)c1OCC(=O)O. The Labute approximate surface area is 159 Å². The van der Waals surface area contributed by atoms with Crippen molar-refractivity contribution < 1.29 is 19.4 Å². The summed E-state index contributed by atoms with van der Waals surface area (Å²) in [5.41, 5.74) is 2.44. The summed E-state index contributed by atoms with van der Waals surface area (Å²) in [5, 5.41) is 9.44. The number of hydrogen-bond donors (Lipinski definition) is 1. The van der Waals surface area contributed by atoms with Crippen LogP contribution in [0.25, 0.3) is 0 Å². The van der Waals surface area contributed by atoms with Gasteiger partial charge in [0.1, 0.15) is 0 Å². The number of carboxylic acids is 1. The van der Waals surface area contributed by atoms with Crippen molar-refractivity contribution in [3.05, 3.63) is 51.0 Å². The van der Waals surface area contributed by atoms with Crippen molar-refractivity contribution in [2.45, 2.75) is 13.8 Å². The van der Waals surface area contributed by atoms with Gasteiger partial charge in [-0.25, -0.2) is 4.79 Å². The third kappa shape index (κ3) is 5.21. The summed E-state index contributed by atoms with van der Waals surface area (Å²) >= 11 is 9.49. The molecule has 0 amide bonds. The number of benzene rings is 2. The normalized spacial score (nSPS) is 10.9. The van der Waals surface area contributed by atoms with Crippen LogP contribution in [0.5, 0.6) is 11.5 Å². The minimum Gasteiger partial charge on any atom is -0.490 e. The second-order valence-electron chi connectivity index (χ2n) is 5.09. The zero-order chi connectivity index (χ0) is 18.4. The van der Waals surface area contributed by atoms with Crippen LogP contribution in [0.1, 0.15) is 18.1 Å². The van der Waals surface area contributed by atoms with E-state index in [2.05, 4.69) is 20.9 Å². The average Bonchev–Trinajstić information content (AvgIpc) is 2.55. The lowest BCUT2D eigenvalue weighted by atomic mass is 10.2. The van der Waals surface area contributed by atoms with Crippen molar-refractivity contribution in [2.75, 3.05) is 13.2 Å². The summed E-state index contributed by atoms with van der Waals surface area (Å²) in [4.78, 5) is 15.2. The molecule has 0 radical (unpaired) electrons. The Morgan fingerprint density at radius 2 is 2.12 bits per heavy atom. The van der Waals surface area contributed by atoms with Crippen LogP contribution in [0.15, 0.2) is 39.8 Å². The lowest BCUT2D eigenvalue weighted by Crippen LogP contribution is -2.11. The number of carboxylic acid groups (broad SMARTS) is 1. The molecule has 1 N–H and O–H groups in total. The first kappa shape index (κ1) is 19.3. The first-order valence-corrected chi connectivity index (χ1v) is 8.69. The Bertz CT molecular complexity index is 808. The molecule has 0 aliphatic carbocycles. The maximum atomic E-state index is 10.7. The van der Waals surface area contributed by atoms with Crippen LogP contribution < -0.4 is 9.47 Å². The zero-order valence-electron chi connectivity index (χ0n) is 13.8. The molecule has 0 heterocycles. The Morgan fingerprint density at radius 3 is 2.80 bits per heavy atom. The van der Waals surface area contributed by atoms with E-state index < -0.39 is 12.6 Å². The molecule has 0 bridgehead atoms. The topological polar surface area (TPSA) is 68.1 Å². The standard InChI is InChI=1S/C18H17BrClNO4/c1-3-24-16-8-12(7-13(19)18(16)25-10-17(22)23)9-21-15-6-4-5-14(20)11(15)2/h4-9H,3,10H2,1-2H3,(H,22,23). The van der Waals surface area contributed by atoms with Gasteiger partial charge in [-0.3, -0.25) is 4.99 Å². The van der Waals surface area contributed by atoms with E-state index >= 15 is 0 Å². The van der Waals surface area contributed by atoms with Gasteiger partial charge < -0.3 is 14.6 Å². The van der Waals surface area contributed by atoms with Gasteiger partial charge in [-0.15, -0.1) is 0 Å². The lowest BCUT2D eigenvalue weighted by Gasteiger charge is -2.13. The molecule has 0 spiro atoms. The Hall–Kier alpha value is -2.05. The fourth-order valence-electron chi connectivity index (χ4n) is 2.08. The Kier molecular flexibility index (Phi) is 6.84. The van der Waals surface area contributed by atoms with Crippen molar-refractivity contribution in [2.24, 2.45) is 4.99 Å². The molecule has 2 aromatic rings. The largest absolute Gasteiger partial charge is 0.490 e. The third-order valence-electron chi connectivity index (χ3n) is 3.26. The van der Waals surface area contributed by atoms with Crippen molar-refractivity contribution >= 4 is 45.4 Å². The molecule has 132 valence electrons. The zero-order valence-corrected chi connectivity index (χ0v) is 16.1. The van der Waals surface area contributed by atoms with Crippen LogP contribution in [0.3, 0.4) is 0 Å². The summed E-state index contributed by atoms with van der Waals surface area (Å²) in [7, 11) is 0. The first-order chi connectivity index (χ1) is 11.9. The number of halogens is 2. The summed E-state index contributed by atoms with van der Waals surface area (Å²) < 4.78 is 11.4. The molecule has 0 fully saturated rings. The quantitative estimate of drug-likeness (QED) is 0.631. The van der Waals surface area contributed by atoms with Gasteiger partial charge in [-0.2, -0.15) is 0 Å². The molecule has 0 aliphatic heterocycles. The van der Waals surface area contributed by atoms with Crippen LogP contribution in [-0.2, 0) is 4.79 Å². The van der Waals surface area contributed by atoms with Crippen LogP contribution in [0.4, 0.5) is 5.69 Å². The van der Waals surface area contributed by atoms with E-state index in [-0.39, 0.29) is 0 Å². The molecule has 0 saturated heterocycles. The smallest absolute Gasteiger partial charge is 0.341 e. The molecule has 2 aromatic carbocycles. The minimum absolute atomic E-state index is 0.348. The molecule has 7 heteroatoms. The van der Waals surface area contributed by atoms with Crippen LogP contribution >= 0.6 is 27.5 Å². The van der Waals surface area contributed by atoms with Crippen molar-refractivity contribution in [1.82, 2.24) is 0 Å². The molecule has 0 atom stereocenters. The van der Waals surface area contributed by atoms with E-state index in [0.717, 1.165) is 16.8 Å². The molecule has 5 nitrogen and oxygen atoms in total. The molecule has 0 saturated carbocycles. The van der Waals surface area contributed by atoms with Gasteiger partial charge in [0.15, 0.2) is 18.1 Å². The van der Waals surface area contributed by atoms with E-state index in [1.807, 2.05) is 32.0 Å². The summed E-state index contributed by atoms with van der Waals surface area (Å²) in [6.45, 7) is 3.71. The highest BCUT2D eigenvalue weighted by molar-refractivity contribution is 9.10. The third-order valence-corrected chi connectivity index (χ3v) is 4.26. The average molecular weight is 427 g/mol. The van der Waals surface area contributed by atoms with Crippen LogP contribution in [-0.4, -0.2) is 30.5 Å². The molecule has 25 heavy (non-hydrogen) atoms. The molecular formula is C18H17BrClNO4. The second-order valence-corrected chi connectivity index (χ2v) is 6.35. The van der Waals surface area contributed by atoms with Crippen LogP contribution in [0.2, 0.25) is 5.02 Å². The number of nitrogens with zero attached hydrogens (tertiary/aromatic N) is 1. The van der Waals surface area contributed by atoms with Crippen LogP contribution in [0, 0.1) is 6.92 Å². The summed E-state index contributed by atoms with van der Waals surface area (Å²) in [5.74, 6) is -0.265. The number of carbonyl (C=O) groups is 1. The lowest BCUT2D eigenvalue weighted by molar-refractivity contribution is -0.139. The van der Waals surface area contributed by atoms with Gasteiger partial charge in [-0.1, -0.05) is 17.7 Å². The molecule has 0 aliphatic rings. The molecule has 2 rings (SSSR count). The van der Waals surface area contributed by atoms with Gasteiger partial charge in [-0.05, 0) is 65.2 Å². The maximum Gasteiger partial charge on any atom is 0.341 e. The predicted octanol–water partition coefficient (Wildman–Crippen LogP) is 5.02. The van der Waals surface area contributed by atoms with Gasteiger partial charge in [0, 0.05) is 11.2 Å². The molecule has 0 aromatic heterocycles. The van der Waals surface area contributed by atoms with Gasteiger partial charge >= 0.3 is 5.97 Å².